The zero-order chi connectivity index (χ0) is 17.6. The first-order chi connectivity index (χ1) is 12.1. The van der Waals surface area contributed by atoms with E-state index in [-0.39, 0.29) is 18.1 Å². The molecule has 0 aliphatic rings. The summed E-state index contributed by atoms with van der Waals surface area (Å²) in [6.07, 6.45) is 3.18. The number of nitrogens with one attached hydrogen (secondary N) is 2. The van der Waals surface area contributed by atoms with E-state index in [4.69, 9.17) is 11.6 Å². The summed E-state index contributed by atoms with van der Waals surface area (Å²) < 4.78 is 0. The van der Waals surface area contributed by atoms with Crippen molar-refractivity contribution in [1.29, 1.82) is 0 Å². The number of benzene rings is 1. The second-order valence-electron chi connectivity index (χ2n) is 5.00. The van der Waals surface area contributed by atoms with Gasteiger partial charge in [-0.25, -0.2) is 4.98 Å². The molecule has 6 nitrogen and oxygen atoms in total. The summed E-state index contributed by atoms with van der Waals surface area (Å²) in [7, 11) is 0. The smallest absolute Gasteiger partial charge is 0.270 e. The minimum atomic E-state index is -0.461. The molecular weight excluding hydrogens is 360 g/mol. The van der Waals surface area contributed by atoms with Crippen LogP contribution in [0.2, 0.25) is 5.02 Å². The maximum Gasteiger partial charge on any atom is 0.270 e. The lowest BCUT2D eigenvalue weighted by atomic mass is 10.2. The molecule has 1 aromatic carbocycles. The Morgan fingerprint density at radius 1 is 1.08 bits per heavy atom. The van der Waals surface area contributed by atoms with Crippen LogP contribution in [0.25, 0.3) is 10.6 Å². The van der Waals surface area contributed by atoms with Crippen LogP contribution in [0.1, 0.15) is 10.5 Å². The fourth-order valence-corrected chi connectivity index (χ4v) is 2.85. The van der Waals surface area contributed by atoms with Crippen molar-refractivity contribution in [2.75, 3.05) is 11.9 Å². The summed E-state index contributed by atoms with van der Waals surface area (Å²) in [6, 6.07) is 10.3. The van der Waals surface area contributed by atoms with Gasteiger partial charge in [0, 0.05) is 34.0 Å². The Labute approximate surface area is 152 Å². The van der Waals surface area contributed by atoms with Crippen molar-refractivity contribution < 1.29 is 9.59 Å². The van der Waals surface area contributed by atoms with Crippen molar-refractivity contribution in [3.63, 3.8) is 0 Å². The van der Waals surface area contributed by atoms with E-state index >= 15 is 0 Å². The van der Waals surface area contributed by atoms with Gasteiger partial charge >= 0.3 is 0 Å². The Morgan fingerprint density at radius 3 is 2.56 bits per heavy atom. The molecular formula is C17H13ClN4O2S. The Balaban J connectivity index is 1.53. The van der Waals surface area contributed by atoms with Crippen LogP contribution in [-0.2, 0) is 4.79 Å². The Morgan fingerprint density at radius 2 is 1.88 bits per heavy atom. The maximum absolute atomic E-state index is 11.9. The number of anilines is 1. The van der Waals surface area contributed by atoms with Gasteiger partial charge in [0.2, 0.25) is 5.91 Å². The second-order valence-corrected chi connectivity index (χ2v) is 6.34. The molecule has 0 saturated carbocycles. The third-order valence-electron chi connectivity index (χ3n) is 3.21. The largest absolute Gasteiger partial charge is 0.342 e. The summed E-state index contributed by atoms with van der Waals surface area (Å²) >= 11 is 7.35. The normalized spacial score (nSPS) is 10.3. The van der Waals surface area contributed by atoms with Crippen molar-refractivity contribution in [3.8, 4) is 10.6 Å². The number of hydrogen-bond donors (Lipinski definition) is 2. The summed E-state index contributed by atoms with van der Waals surface area (Å²) in [5, 5.41) is 8.44. The van der Waals surface area contributed by atoms with E-state index in [0.717, 1.165) is 10.6 Å². The molecule has 0 bridgehead atoms. The molecule has 126 valence electrons. The third kappa shape index (κ3) is 4.62. The molecule has 3 aromatic rings. The molecule has 0 saturated heterocycles. The van der Waals surface area contributed by atoms with Gasteiger partial charge in [-0.3, -0.25) is 14.6 Å². The molecule has 0 aliphatic heterocycles. The lowest BCUT2D eigenvalue weighted by molar-refractivity contribution is -0.115. The van der Waals surface area contributed by atoms with E-state index in [1.54, 1.807) is 35.7 Å². The van der Waals surface area contributed by atoms with Gasteiger partial charge in [0.05, 0.1) is 6.54 Å². The van der Waals surface area contributed by atoms with Gasteiger partial charge in [0.15, 0.2) is 0 Å². The average molecular weight is 373 g/mol. The Bertz CT molecular complexity index is 882. The molecule has 0 unspecified atom stereocenters. The molecule has 0 radical (unpaired) electrons. The number of rotatable bonds is 5. The minimum absolute atomic E-state index is 0.160. The van der Waals surface area contributed by atoms with E-state index in [0.29, 0.717) is 10.7 Å². The van der Waals surface area contributed by atoms with Crippen LogP contribution in [0.5, 0.6) is 0 Å². The Hall–Kier alpha value is -2.77. The average Bonchev–Trinajstić information content (AvgIpc) is 3.15. The summed E-state index contributed by atoms with van der Waals surface area (Å²) in [4.78, 5) is 32.0. The van der Waals surface area contributed by atoms with E-state index in [2.05, 4.69) is 20.6 Å². The molecule has 0 spiro atoms. The van der Waals surface area contributed by atoms with Crippen LogP contribution in [0.4, 0.5) is 5.69 Å². The highest BCUT2D eigenvalue weighted by atomic mass is 35.5. The van der Waals surface area contributed by atoms with Crippen LogP contribution in [0.15, 0.2) is 54.2 Å². The fraction of sp³-hybridized carbons (Fsp3) is 0.0588. The van der Waals surface area contributed by atoms with Crippen molar-refractivity contribution in [2.45, 2.75) is 0 Å². The number of pyridine rings is 1. The van der Waals surface area contributed by atoms with Gasteiger partial charge in [-0.2, -0.15) is 0 Å². The van der Waals surface area contributed by atoms with Crippen molar-refractivity contribution in [2.24, 2.45) is 0 Å². The number of amides is 2. The number of halogens is 1. The van der Waals surface area contributed by atoms with Gasteiger partial charge < -0.3 is 10.6 Å². The van der Waals surface area contributed by atoms with Crippen molar-refractivity contribution >= 4 is 40.4 Å². The molecule has 0 atom stereocenters. The Kier molecular flexibility index (Phi) is 5.37. The van der Waals surface area contributed by atoms with Crippen LogP contribution in [-0.4, -0.2) is 28.3 Å². The molecule has 2 amide bonds. The quantitative estimate of drug-likeness (QED) is 0.720. The van der Waals surface area contributed by atoms with Gasteiger partial charge in [0.25, 0.3) is 5.91 Å². The molecule has 2 N–H and O–H groups in total. The number of carbonyl (C=O) groups is 2. The highest BCUT2D eigenvalue weighted by Crippen LogP contribution is 2.23. The van der Waals surface area contributed by atoms with E-state index < -0.39 is 5.91 Å². The van der Waals surface area contributed by atoms with E-state index in [9.17, 15) is 9.59 Å². The number of thiazole rings is 1. The van der Waals surface area contributed by atoms with Crippen molar-refractivity contribution in [1.82, 2.24) is 15.3 Å². The molecule has 0 fully saturated rings. The lowest BCUT2D eigenvalue weighted by Crippen LogP contribution is -2.33. The highest BCUT2D eigenvalue weighted by Gasteiger charge is 2.10. The zero-order valence-corrected chi connectivity index (χ0v) is 14.5. The first-order valence-electron chi connectivity index (χ1n) is 7.31. The summed E-state index contributed by atoms with van der Waals surface area (Å²) in [5.41, 5.74) is 1.78. The minimum Gasteiger partial charge on any atom is -0.342 e. The van der Waals surface area contributed by atoms with Crippen LogP contribution >= 0.6 is 22.9 Å². The number of aromatic nitrogens is 2. The van der Waals surface area contributed by atoms with E-state index in [1.165, 1.54) is 12.3 Å². The first-order valence-corrected chi connectivity index (χ1v) is 8.57. The predicted octanol–water partition coefficient (Wildman–Crippen LogP) is 3.23. The highest BCUT2D eigenvalue weighted by molar-refractivity contribution is 7.13. The molecule has 25 heavy (non-hydrogen) atoms. The lowest BCUT2D eigenvalue weighted by Gasteiger charge is -2.07. The molecule has 2 aromatic heterocycles. The van der Waals surface area contributed by atoms with Gasteiger partial charge in [-0.1, -0.05) is 11.6 Å². The third-order valence-corrected chi connectivity index (χ3v) is 4.27. The molecule has 3 rings (SSSR count). The van der Waals surface area contributed by atoms with Gasteiger partial charge in [0.1, 0.15) is 10.7 Å². The summed E-state index contributed by atoms with van der Waals surface area (Å²) in [5.74, 6) is -0.797. The molecule has 8 heteroatoms. The van der Waals surface area contributed by atoms with Crippen LogP contribution in [0.3, 0.4) is 0 Å². The van der Waals surface area contributed by atoms with Gasteiger partial charge in [-0.15, -0.1) is 11.3 Å². The monoisotopic (exact) mass is 372 g/mol. The van der Waals surface area contributed by atoms with E-state index in [1.807, 2.05) is 17.5 Å². The SMILES string of the molecule is O=C(CNC(=O)c1cc(Cl)ccn1)Nc1ccc(-c2nccs2)cc1. The number of hydrogen-bond acceptors (Lipinski definition) is 5. The first kappa shape index (κ1) is 17.1. The van der Waals surface area contributed by atoms with Crippen molar-refractivity contribution in [3.05, 3.63) is 64.9 Å². The second kappa shape index (κ2) is 7.87. The van der Waals surface area contributed by atoms with Crippen LogP contribution in [0, 0.1) is 0 Å². The topological polar surface area (TPSA) is 84.0 Å². The maximum atomic E-state index is 11.9. The van der Waals surface area contributed by atoms with Crippen LogP contribution < -0.4 is 10.6 Å². The standard InChI is InChI=1S/C17H13ClN4O2S/c18-12-5-6-19-14(9-12)16(24)21-10-15(23)22-13-3-1-11(2-4-13)17-20-7-8-25-17/h1-9H,10H2,(H,21,24)(H,22,23). The summed E-state index contributed by atoms with van der Waals surface area (Å²) in [6.45, 7) is -0.165. The molecule has 2 heterocycles. The predicted molar refractivity (Wildman–Crippen MR) is 97.8 cm³/mol. The fourth-order valence-electron chi connectivity index (χ4n) is 2.05. The van der Waals surface area contributed by atoms with Gasteiger partial charge in [-0.05, 0) is 36.4 Å². The zero-order valence-electron chi connectivity index (χ0n) is 12.9. The number of nitrogens with zero attached hydrogens (tertiary/aromatic N) is 2. The molecule has 0 aliphatic carbocycles. The number of carbonyl (C=O) groups excluding carboxylic acids is 2.